The normalized spacial score (nSPS) is 16.9. The number of rotatable bonds is 8. The van der Waals surface area contributed by atoms with Crippen LogP contribution >= 0.6 is 11.6 Å². The minimum atomic E-state index is -4.54. The van der Waals surface area contributed by atoms with Gasteiger partial charge in [-0.2, -0.15) is 18.4 Å². The number of ether oxygens (including phenoxy) is 2. The van der Waals surface area contributed by atoms with Crippen LogP contribution in [0.25, 0.3) is 0 Å². The van der Waals surface area contributed by atoms with E-state index in [1.54, 1.807) is 39.0 Å². The first-order valence-corrected chi connectivity index (χ1v) is 21.0. The molecule has 4 aliphatic rings. The fourth-order valence-corrected chi connectivity index (χ4v) is 8.12. The molecule has 6 heterocycles. The minimum Gasteiger partial charge on any atom is -0.378 e. The van der Waals surface area contributed by atoms with Crippen LogP contribution in [-0.4, -0.2) is 146 Å². The number of amides is 2. The lowest BCUT2D eigenvalue weighted by Gasteiger charge is -2.37. The number of nitro benzene ring substituents is 2. The number of piperazine rings is 2. The fraction of sp³-hybridized carbons (Fsp3) is 0.405. The third kappa shape index (κ3) is 10.9. The summed E-state index contributed by atoms with van der Waals surface area (Å²) in [5, 5.41) is 31.4. The Labute approximate surface area is 375 Å². The van der Waals surface area contributed by atoms with Gasteiger partial charge in [0.05, 0.1) is 74.9 Å². The van der Waals surface area contributed by atoms with Gasteiger partial charge in [0.1, 0.15) is 17.7 Å². The number of nitriles is 1. The fourth-order valence-electron chi connectivity index (χ4n) is 7.84. The van der Waals surface area contributed by atoms with Crippen molar-refractivity contribution in [1.29, 1.82) is 5.26 Å². The summed E-state index contributed by atoms with van der Waals surface area (Å²) in [5.74, 6) is 0.413. The SMILES string of the molecule is N#Cc1ccc(N2CCN(C(=O)c3cc([N+](=O)[O-])ccc3N3CCOCC3)CC2)nc1.O=C(c1cc([N+](=O)[O-])ccc1N1CCOCC1)N1CCN(c2ncc(C(F)(F)F)cc2Cl)CC1. The Morgan fingerprint density at radius 1 is 0.646 bits per heavy atom. The molecule has 0 radical (unpaired) electrons. The highest BCUT2D eigenvalue weighted by atomic mass is 35.5. The van der Waals surface area contributed by atoms with Crippen molar-refractivity contribution in [1.82, 2.24) is 19.8 Å². The Morgan fingerprint density at radius 2 is 1.12 bits per heavy atom. The van der Waals surface area contributed by atoms with Gasteiger partial charge < -0.3 is 38.9 Å². The van der Waals surface area contributed by atoms with E-state index in [4.69, 9.17) is 26.3 Å². The third-order valence-corrected chi connectivity index (χ3v) is 11.6. The van der Waals surface area contributed by atoms with Crippen LogP contribution in [0.15, 0.2) is 67.0 Å². The van der Waals surface area contributed by atoms with Gasteiger partial charge in [0.15, 0.2) is 0 Å². The average Bonchev–Trinajstić information content (AvgIpc) is 3.33. The number of hydrogen-bond donors (Lipinski definition) is 0. The molecule has 2 aromatic carbocycles. The van der Waals surface area contributed by atoms with Gasteiger partial charge in [-0.05, 0) is 30.3 Å². The van der Waals surface area contributed by atoms with Crippen molar-refractivity contribution in [3.05, 3.63) is 114 Å². The van der Waals surface area contributed by atoms with Gasteiger partial charge in [0, 0.05) is 115 Å². The lowest BCUT2D eigenvalue weighted by Crippen LogP contribution is -2.49. The van der Waals surface area contributed by atoms with Crippen LogP contribution in [0, 0.1) is 31.6 Å². The molecule has 2 amide bonds. The topological polar surface area (TPSA) is 208 Å². The van der Waals surface area contributed by atoms with Gasteiger partial charge >= 0.3 is 6.18 Å². The van der Waals surface area contributed by atoms with Gasteiger partial charge in [-0.15, -0.1) is 0 Å². The molecule has 19 nitrogen and oxygen atoms in total. The van der Waals surface area contributed by atoms with E-state index in [1.807, 2.05) is 15.9 Å². The first-order valence-electron chi connectivity index (χ1n) is 20.6. The molecule has 4 aromatic rings. The first-order chi connectivity index (χ1) is 31.2. The van der Waals surface area contributed by atoms with Crippen LogP contribution in [0.1, 0.15) is 31.8 Å². The Bertz CT molecular complexity index is 2430. The molecule has 0 spiro atoms. The number of aromatic nitrogens is 2. The second-order valence-corrected chi connectivity index (χ2v) is 15.6. The maximum Gasteiger partial charge on any atom is 0.417 e. The Morgan fingerprint density at radius 3 is 1.52 bits per heavy atom. The zero-order valence-corrected chi connectivity index (χ0v) is 35.6. The van der Waals surface area contributed by atoms with Crippen molar-refractivity contribution >= 4 is 57.8 Å². The minimum absolute atomic E-state index is 0.0965. The lowest BCUT2D eigenvalue weighted by molar-refractivity contribution is -0.385. The van der Waals surface area contributed by atoms with Gasteiger partial charge in [-0.3, -0.25) is 29.8 Å². The van der Waals surface area contributed by atoms with E-state index in [9.17, 15) is 43.0 Å². The van der Waals surface area contributed by atoms with Crippen LogP contribution in [0.4, 0.5) is 47.6 Å². The molecular weight excluding hydrogens is 879 g/mol. The highest BCUT2D eigenvalue weighted by molar-refractivity contribution is 6.33. The molecule has 0 bridgehead atoms. The number of anilines is 4. The van der Waals surface area contributed by atoms with Gasteiger partial charge in [0.2, 0.25) is 0 Å². The number of nitrogens with zero attached hydrogens (tertiary/aromatic N) is 11. The van der Waals surface area contributed by atoms with Crippen LogP contribution < -0.4 is 19.6 Å². The predicted octanol–water partition coefficient (Wildman–Crippen LogP) is 5.12. The molecule has 4 fully saturated rings. The molecule has 342 valence electrons. The number of nitro groups is 2. The van der Waals surface area contributed by atoms with E-state index in [1.165, 1.54) is 30.5 Å². The lowest BCUT2D eigenvalue weighted by atomic mass is 10.1. The Kier molecular flexibility index (Phi) is 14.4. The van der Waals surface area contributed by atoms with Crippen molar-refractivity contribution in [3.63, 3.8) is 0 Å². The molecule has 0 aliphatic carbocycles. The monoisotopic (exact) mass is 921 g/mol. The molecule has 4 aliphatic heterocycles. The Balaban J connectivity index is 0.000000195. The average molecular weight is 922 g/mol. The number of non-ortho nitro benzene ring substituents is 2. The molecular formula is C42H43ClF3N11O8. The highest BCUT2D eigenvalue weighted by Gasteiger charge is 2.34. The molecule has 0 N–H and O–H groups in total. The summed E-state index contributed by atoms with van der Waals surface area (Å²) in [4.78, 5) is 67.5. The molecule has 0 atom stereocenters. The smallest absolute Gasteiger partial charge is 0.378 e. The summed E-state index contributed by atoms with van der Waals surface area (Å²) in [7, 11) is 0. The molecule has 4 saturated heterocycles. The number of carbonyl (C=O) groups excluding carboxylic acids is 2. The zero-order chi connectivity index (χ0) is 46.3. The summed E-state index contributed by atoms with van der Waals surface area (Å²) < 4.78 is 49.4. The van der Waals surface area contributed by atoms with Crippen LogP contribution in [0.5, 0.6) is 0 Å². The van der Waals surface area contributed by atoms with Crippen LogP contribution in [0.3, 0.4) is 0 Å². The second-order valence-electron chi connectivity index (χ2n) is 15.2. The summed E-state index contributed by atoms with van der Waals surface area (Å²) in [6.07, 6.45) is -2.28. The summed E-state index contributed by atoms with van der Waals surface area (Å²) in [6, 6.07) is 15.1. The number of pyridine rings is 2. The van der Waals surface area contributed by atoms with Crippen molar-refractivity contribution in [2.24, 2.45) is 0 Å². The number of benzene rings is 2. The zero-order valence-electron chi connectivity index (χ0n) is 34.9. The maximum absolute atomic E-state index is 13.4. The maximum atomic E-state index is 13.4. The molecule has 23 heteroatoms. The van der Waals surface area contributed by atoms with Crippen LogP contribution in [-0.2, 0) is 15.7 Å². The molecule has 2 aromatic heterocycles. The number of halogens is 4. The first kappa shape index (κ1) is 46.2. The molecule has 0 saturated carbocycles. The molecule has 65 heavy (non-hydrogen) atoms. The number of morpholine rings is 2. The Hall–Kier alpha value is -6.83. The van der Waals surface area contributed by atoms with Crippen molar-refractivity contribution < 1.29 is 42.1 Å². The van der Waals surface area contributed by atoms with Gasteiger partial charge in [-0.1, -0.05) is 11.6 Å². The van der Waals surface area contributed by atoms with Crippen molar-refractivity contribution in [3.8, 4) is 6.07 Å². The van der Waals surface area contributed by atoms with E-state index in [0.717, 1.165) is 18.1 Å². The van der Waals surface area contributed by atoms with E-state index in [0.29, 0.717) is 114 Å². The molecule has 8 rings (SSSR count). The quantitative estimate of drug-likeness (QED) is 0.166. The number of hydrogen-bond acceptors (Lipinski definition) is 15. The number of alkyl halides is 3. The number of carbonyl (C=O) groups is 2. The van der Waals surface area contributed by atoms with Crippen molar-refractivity contribution in [2.45, 2.75) is 6.18 Å². The van der Waals surface area contributed by atoms with E-state index >= 15 is 0 Å². The predicted molar refractivity (Wildman–Crippen MR) is 232 cm³/mol. The van der Waals surface area contributed by atoms with Crippen LogP contribution in [0.2, 0.25) is 5.02 Å². The summed E-state index contributed by atoms with van der Waals surface area (Å²) >= 11 is 6.05. The van der Waals surface area contributed by atoms with E-state index < -0.39 is 21.6 Å². The van der Waals surface area contributed by atoms with Crippen molar-refractivity contribution in [2.75, 3.05) is 125 Å². The second kappa shape index (κ2) is 20.3. The molecule has 0 unspecified atom stereocenters. The highest BCUT2D eigenvalue weighted by Crippen LogP contribution is 2.35. The summed E-state index contributed by atoms with van der Waals surface area (Å²) in [5.41, 5.74) is 1.18. The third-order valence-electron chi connectivity index (χ3n) is 11.3. The van der Waals surface area contributed by atoms with E-state index in [2.05, 4.69) is 14.9 Å². The van der Waals surface area contributed by atoms with E-state index in [-0.39, 0.29) is 52.7 Å². The van der Waals surface area contributed by atoms with Gasteiger partial charge in [-0.25, -0.2) is 9.97 Å². The standard InChI is InChI=1S/C21H21ClF3N5O4.C21H22N6O4/c22-17-11-14(21(23,24)25)13-26-19(17)28-3-5-29(6-4-28)20(31)16-12-15(30(32)33)1-2-18(16)27-7-9-34-10-8-27;22-14-16-1-4-20(23-15-16)25-5-7-26(8-6-25)21(28)18-13-17(27(29)30)2-3-19(18)24-9-11-31-12-10-24/h1-2,11-13H,3-10H2;1-4,13,15H,5-12H2. The largest absolute Gasteiger partial charge is 0.417 e. The summed E-state index contributed by atoms with van der Waals surface area (Å²) in [6.45, 7) is 7.72. The van der Waals surface area contributed by atoms with Gasteiger partial charge in [0.25, 0.3) is 23.2 Å².